The highest BCUT2D eigenvalue weighted by atomic mass is 35.5. The Morgan fingerprint density at radius 1 is 1.21 bits per heavy atom. The van der Waals surface area contributed by atoms with E-state index in [0.29, 0.717) is 10.8 Å². The van der Waals surface area contributed by atoms with E-state index >= 15 is 0 Å². The fourth-order valence-electron chi connectivity index (χ4n) is 2.64. The molecule has 0 bridgehead atoms. The second-order valence-corrected chi connectivity index (χ2v) is 7.47. The molecule has 8 nitrogen and oxygen atoms in total. The number of pyridine rings is 1. The summed E-state index contributed by atoms with van der Waals surface area (Å²) in [5.41, 5.74) is 0.116. The molecular formula is C20H16Cl2F3N3O5. The first-order valence-electron chi connectivity index (χ1n) is 9.29. The third kappa shape index (κ3) is 6.90. The third-order valence-corrected chi connectivity index (χ3v) is 4.88. The monoisotopic (exact) mass is 505 g/mol. The number of rotatable bonds is 7. The van der Waals surface area contributed by atoms with Gasteiger partial charge in [-0.2, -0.15) is 0 Å². The molecule has 1 aromatic carbocycles. The largest absolute Gasteiger partial charge is 0.573 e. The fraction of sp³-hybridized carbons (Fsp3) is 0.250. The number of hydrogen-bond acceptors (Lipinski definition) is 6. The molecule has 0 saturated carbocycles. The van der Waals surface area contributed by atoms with Gasteiger partial charge in [0.2, 0.25) is 6.10 Å². The smallest absolute Gasteiger partial charge is 0.485 e. The Bertz CT molecular complexity index is 1060. The number of carbonyl (C=O) groups is 2. The number of amides is 2. The van der Waals surface area contributed by atoms with Gasteiger partial charge in [-0.05, 0) is 12.1 Å². The van der Waals surface area contributed by atoms with Crippen LogP contribution in [-0.2, 0) is 4.79 Å². The van der Waals surface area contributed by atoms with Crippen LogP contribution >= 0.6 is 23.2 Å². The van der Waals surface area contributed by atoms with Crippen LogP contribution in [0.1, 0.15) is 16.9 Å². The molecule has 0 saturated heterocycles. The van der Waals surface area contributed by atoms with Gasteiger partial charge in [-0.3, -0.25) is 9.59 Å². The van der Waals surface area contributed by atoms with Gasteiger partial charge < -0.3 is 24.8 Å². The van der Waals surface area contributed by atoms with E-state index in [1.54, 1.807) is 0 Å². The van der Waals surface area contributed by atoms with E-state index in [4.69, 9.17) is 32.7 Å². The molecule has 13 heteroatoms. The lowest BCUT2D eigenvalue weighted by Gasteiger charge is -2.26. The number of carbonyl (C=O) groups excluding carboxylic acids is 2. The average molecular weight is 506 g/mol. The Kier molecular flexibility index (Phi) is 7.54. The first-order valence-corrected chi connectivity index (χ1v) is 10.0. The zero-order chi connectivity index (χ0) is 24.2. The summed E-state index contributed by atoms with van der Waals surface area (Å²) in [6.45, 7) is 3.76. The molecule has 176 valence electrons. The topological polar surface area (TPSA) is 98.8 Å². The molecule has 0 fully saturated rings. The number of aromatic nitrogens is 1. The van der Waals surface area contributed by atoms with Crippen molar-refractivity contribution in [2.75, 3.05) is 13.2 Å². The van der Waals surface area contributed by atoms with Crippen LogP contribution in [0, 0.1) is 0 Å². The lowest BCUT2D eigenvalue weighted by molar-refractivity contribution is -0.274. The Hall–Kier alpha value is -3.18. The first-order chi connectivity index (χ1) is 15.5. The highest BCUT2D eigenvalue weighted by Gasteiger charge is 2.31. The van der Waals surface area contributed by atoms with Crippen molar-refractivity contribution in [3.8, 4) is 17.2 Å². The fourth-order valence-corrected chi connectivity index (χ4v) is 2.95. The van der Waals surface area contributed by atoms with Crippen LogP contribution in [0.2, 0.25) is 10.0 Å². The molecule has 3 rings (SSSR count). The minimum atomic E-state index is -4.86. The number of ether oxygens (including phenoxy) is 3. The van der Waals surface area contributed by atoms with Gasteiger partial charge in [0.1, 0.15) is 18.1 Å². The van der Waals surface area contributed by atoms with E-state index in [1.807, 2.05) is 0 Å². The maximum atomic E-state index is 12.3. The predicted octanol–water partition coefficient (Wildman–Crippen LogP) is 3.88. The molecule has 1 atom stereocenters. The first kappa shape index (κ1) is 24.5. The highest BCUT2D eigenvalue weighted by molar-refractivity contribution is 6.42. The Balaban J connectivity index is 1.43. The average Bonchev–Trinajstić information content (AvgIpc) is 2.73. The van der Waals surface area contributed by atoms with Gasteiger partial charge >= 0.3 is 6.36 Å². The molecule has 1 unspecified atom stereocenters. The molecule has 1 aliphatic heterocycles. The van der Waals surface area contributed by atoms with E-state index < -0.39 is 30.0 Å². The van der Waals surface area contributed by atoms with Gasteiger partial charge in [0.15, 0.2) is 11.5 Å². The zero-order valence-electron chi connectivity index (χ0n) is 16.7. The summed E-state index contributed by atoms with van der Waals surface area (Å²) in [6.07, 6.45) is -4.82. The number of halogens is 5. The minimum Gasteiger partial charge on any atom is -0.485 e. The highest BCUT2D eigenvalue weighted by Crippen LogP contribution is 2.38. The number of hydrogen-bond donors (Lipinski definition) is 2. The molecule has 0 spiro atoms. The van der Waals surface area contributed by atoms with Gasteiger partial charge in [-0.1, -0.05) is 29.8 Å². The molecule has 33 heavy (non-hydrogen) atoms. The van der Waals surface area contributed by atoms with Crippen molar-refractivity contribution in [2.24, 2.45) is 0 Å². The Morgan fingerprint density at radius 3 is 2.55 bits per heavy atom. The van der Waals surface area contributed by atoms with Crippen molar-refractivity contribution in [1.82, 2.24) is 15.6 Å². The van der Waals surface area contributed by atoms with Crippen molar-refractivity contribution in [2.45, 2.75) is 18.9 Å². The van der Waals surface area contributed by atoms with Crippen LogP contribution in [0.5, 0.6) is 17.2 Å². The third-order valence-electron chi connectivity index (χ3n) is 4.16. The SMILES string of the molecule is C=C(CCNC(=O)C1COc2cc(Cl)c(Cl)cc2O1)NC(=O)c1ccc(OC(F)(F)F)cn1. The molecule has 2 amide bonds. The summed E-state index contributed by atoms with van der Waals surface area (Å²) in [5, 5.41) is 5.63. The molecule has 1 aliphatic rings. The van der Waals surface area contributed by atoms with Crippen molar-refractivity contribution in [3.05, 3.63) is 58.5 Å². The van der Waals surface area contributed by atoms with Crippen molar-refractivity contribution in [1.29, 1.82) is 0 Å². The molecular weight excluding hydrogens is 490 g/mol. The summed E-state index contributed by atoms with van der Waals surface area (Å²) in [4.78, 5) is 28.1. The van der Waals surface area contributed by atoms with Crippen molar-refractivity contribution >= 4 is 35.0 Å². The Morgan fingerprint density at radius 2 is 1.91 bits per heavy atom. The van der Waals surface area contributed by atoms with Crippen molar-refractivity contribution < 1.29 is 37.0 Å². The van der Waals surface area contributed by atoms with Gasteiger partial charge in [0, 0.05) is 30.8 Å². The van der Waals surface area contributed by atoms with Crippen molar-refractivity contribution in [3.63, 3.8) is 0 Å². The maximum absolute atomic E-state index is 12.3. The van der Waals surface area contributed by atoms with Gasteiger partial charge in [-0.15, -0.1) is 13.2 Å². The van der Waals surface area contributed by atoms with Crippen LogP contribution in [0.15, 0.2) is 42.7 Å². The maximum Gasteiger partial charge on any atom is 0.573 e. The van der Waals surface area contributed by atoms with Gasteiger partial charge in [-0.25, -0.2) is 4.98 Å². The van der Waals surface area contributed by atoms with E-state index in [9.17, 15) is 22.8 Å². The van der Waals surface area contributed by atoms with Crippen LogP contribution in [0.25, 0.3) is 0 Å². The number of fused-ring (bicyclic) bond motifs is 1. The van der Waals surface area contributed by atoms with Crippen LogP contribution in [0.4, 0.5) is 13.2 Å². The number of alkyl halides is 3. The molecule has 2 aromatic rings. The molecule has 2 N–H and O–H groups in total. The Labute approximate surface area is 195 Å². The lowest BCUT2D eigenvalue weighted by Crippen LogP contribution is -2.44. The van der Waals surface area contributed by atoms with Gasteiger partial charge in [0.25, 0.3) is 11.8 Å². The quantitative estimate of drug-likeness (QED) is 0.592. The summed E-state index contributed by atoms with van der Waals surface area (Å²) in [6, 6.07) is 4.98. The van der Waals surface area contributed by atoms with Crippen LogP contribution in [0.3, 0.4) is 0 Å². The number of nitrogens with zero attached hydrogens (tertiary/aromatic N) is 1. The molecule has 0 radical (unpaired) electrons. The van der Waals surface area contributed by atoms with Crippen LogP contribution in [-0.4, -0.2) is 42.4 Å². The van der Waals surface area contributed by atoms with E-state index in [0.717, 1.165) is 18.3 Å². The molecule has 1 aromatic heterocycles. The second kappa shape index (κ2) is 10.2. The molecule has 2 heterocycles. The van der Waals surface area contributed by atoms with E-state index in [1.165, 1.54) is 12.1 Å². The summed E-state index contributed by atoms with van der Waals surface area (Å²) < 4.78 is 51.3. The second-order valence-electron chi connectivity index (χ2n) is 6.66. The number of benzene rings is 1. The predicted molar refractivity (Wildman–Crippen MR) is 112 cm³/mol. The van der Waals surface area contributed by atoms with E-state index in [2.05, 4.69) is 26.9 Å². The van der Waals surface area contributed by atoms with E-state index in [-0.39, 0.29) is 41.7 Å². The normalized spacial score (nSPS) is 14.9. The van der Waals surface area contributed by atoms with Gasteiger partial charge in [0.05, 0.1) is 16.2 Å². The standard InChI is InChI=1S/C20H16Cl2F3N3O5/c1-10(28-18(29)14-3-2-11(8-27-14)33-20(23,24)25)4-5-26-19(30)17-9-31-15-6-12(21)13(22)7-16(15)32-17/h2-3,6-8,17H,1,4-5,9H2,(H,26,30)(H,28,29). The van der Waals surface area contributed by atoms with Crippen LogP contribution < -0.4 is 24.8 Å². The lowest BCUT2D eigenvalue weighted by atomic mass is 10.2. The summed E-state index contributed by atoms with van der Waals surface area (Å²) in [7, 11) is 0. The minimum absolute atomic E-state index is 0.0335. The summed E-state index contributed by atoms with van der Waals surface area (Å²) in [5.74, 6) is -1.03. The molecule has 0 aliphatic carbocycles. The number of nitrogens with one attached hydrogen (secondary N) is 2. The zero-order valence-corrected chi connectivity index (χ0v) is 18.2. The summed E-state index contributed by atoms with van der Waals surface area (Å²) >= 11 is 11.9.